The molecule has 0 aliphatic heterocycles. The Morgan fingerprint density at radius 1 is 0.500 bits per heavy atom. The molecular weight excluding hydrogens is 300 g/mol. The van der Waals surface area contributed by atoms with Crippen LogP contribution in [0.3, 0.4) is 0 Å². The van der Waals surface area contributed by atoms with Crippen LogP contribution >= 0.6 is 0 Å². The Labute approximate surface area is 138 Å². The minimum Gasteiger partial charge on any atom is -0.506 e. The van der Waals surface area contributed by atoms with Gasteiger partial charge in [-0.1, -0.05) is 60.7 Å². The molecule has 4 heteroatoms. The van der Waals surface area contributed by atoms with Crippen molar-refractivity contribution in [3.8, 4) is 11.5 Å². The lowest BCUT2D eigenvalue weighted by Crippen LogP contribution is -1.76. The zero-order valence-electron chi connectivity index (χ0n) is 12.7. The highest BCUT2D eigenvalue weighted by atomic mass is 16.3. The molecule has 0 radical (unpaired) electrons. The minimum atomic E-state index is 0.0529. The molecular formula is C20H14N2O2. The largest absolute Gasteiger partial charge is 0.506 e. The molecule has 0 aliphatic rings. The average molecular weight is 314 g/mol. The maximum Gasteiger partial charge on any atom is 0.143 e. The Morgan fingerprint density at radius 3 is 1.38 bits per heavy atom. The van der Waals surface area contributed by atoms with Crippen molar-refractivity contribution in [1.82, 2.24) is 0 Å². The fourth-order valence-corrected chi connectivity index (χ4v) is 2.80. The summed E-state index contributed by atoms with van der Waals surface area (Å²) in [5, 5.41) is 32.3. The van der Waals surface area contributed by atoms with E-state index in [4.69, 9.17) is 0 Å². The van der Waals surface area contributed by atoms with Crippen molar-refractivity contribution in [1.29, 1.82) is 0 Å². The molecule has 0 saturated carbocycles. The lowest BCUT2D eigenvalue weighted by molar-refractivity contribution is 0.475. The van der Waals surface area contributed by atoms with Gasteiger partial charge in [-0.05, 0) is 22.9 Å². The molecule has 4 rings (SSSR count). The first-order valence-corrected chi connectivity index (χ1v) is 7.57. The maximum atomic E-state index is 10.2. The monoisotopic (exact) mass is 314 g/mol. The SMILES string of the molecule is Oc1ccc2ccccc2c1N=Nc1c(O)ccc2ccccc12. The van der Waals surface area contributed by atoms with Gasteiger partial charge in [-0.2, -0.15) is 0 Å². The summed E-state index contributed by atoms with van der Waals surface area (Å²) in [6, 6.07) is 22.1. The molecule has 24 heavy (non-hydrogen) atoms. The summed E-state index contributed by atoms with van der Waals surface area (Å²) in [5.41, 5.74) is 0.779. The number of benzene rings is 4. The number of phenolic OH excluding ortho intramolecular Hbond substituents is 2. The van der Waals surface area contributed by atoms with Gasteiger partial charge in [0.2, 0.25) is 0 Å². The van der Waals surface area contributed by atoms with Gasteiger partial charge in [0.25, 0.3) is 0 Å². The molecule has 4 aromatic carbocycles. The Balaban J connectivity index is 1.91. The van der Waals surface area contributed by atoms with Crippen LogP contribution in [0, 0.1) is 0 Å². The number of hydrogen-bond donors (Lipinski definition) is 2. The highest BCUT2D eigenvalue weighted by Crippen LogP contribution is 2.39. The van der Waals surface area contributed by atoms with Gasteiger partial charge >= 0.3 is 0 Å². The number of rotatable bonds is 2. The van der Waals surface area contributed by atoms with Crippen molar-refractivity contribution in [3.63, 3.8) is 0 Å². The van der Waals surface area contributed by atoms with Gasteiger partial charge in [-0.25, -0.2) is 0 Å². The van der Waals surface area contributed by atoms with E-state index >= 15 is 0 Å². The van der Waals surface area contributed by atoms with Gasteiger partial charge in [-0.3, -0.25) is 0 Å². The van der Waals surface area contributed by atoms with Crippen LogP contribution in [-0.4, -0.2) is 10.2 Å². The van der Waals surface area contributed by atoms with Crippen molar-refractivity contribution >= 4 is 32.9 Å². The van der Waals surface area contributed by atoms with E-state index in [0.29, 0.717) is 11.4 Å². The fraction of sp³-hybridized carbons (Fsp3) is 0. The van der Waals surface area contributed by atoms with Crippen molar-refractivity contribution in [2.75, 3.05) is 0 Å². The summed E-state index contributed by atoms with van der Waals surface area (Å²) in [7, 11) is 0. The zero-order valence-corrected chi connectivity index (χ0v) is 12.7. The number of aromatic hydroxyl groups is 2. The Kier molecular flexibility index (Phi) is 3.35. The third-order valence-corrected chi connectivity index (χ3v) is 4.01. The predicted octanol–water partition coefficient (Wildman–Crippen LogP) is 5.82. The molecule has 0 aliphatic carbocycles. The van der Waals surface area contributed by atoms with Gasteiger partial charge in [0.15, 0.2) is 0 Å². The van der Waals surface area contributed by atoms with Crippen molar-refractivity contribution < 1.29 is 10.2 Å². The molecule has 4 aromatic rings. The van der Waals surface area contributed by atoms with E-state index in [9.17, 15) is 10.2 Å². The van der Waals surface area contributed by atoms with Crippen LogP contribution in [0.5, 0.6) is 11.5 Å². The molecule has 0 aromatic heterocycles. The minimum absolute atomic E-state index is 0.0529. The Bertz CT molecular complexity index is 1000. The number of nitrogens with zero attached hydrogens (tertiary/aromatic N) is 2. The van der Waals surface area contributed by atoms with Gasteiger partial charge in [0, 0.05) is 10.8 Å². The quantitative estimate of drug-likeness (QED) is 0.458. The first kappa shape index (κ1) is 14.2. The van der Waals surface area contributed by atoms with E-state index < -0.39 is 0 Å². The average Bonchev–Trinajstić information content (AvgIpc) is 2.62. The summed E-state index contributed by atoms with van der Waals surface area (Å²) in [6.45, 7) is 0. The van der Waals surface area contributed by atoms with Gasteiger partial charge in [0.05, 0.1) is 0 Å². The Hall–Kier alpha value is -3.40. The van der Waals surface area contributed by atoms with Crippen molar-refractivity contribution in [2.24, 2.45) is 10.2 Å². The maximum absolute atomic E-state index is 10.2. The van der Waals surface area contributed by atoms with E-state index in [1.807, 2.05) is 60.7 Å². The second-order valence-corrected chi connectivity index (χ2v) is 5.51. The molecule has 0 bridgehead atoms. The number of phenols is 2. The second kappa shape index (κ2) is 5.66. The second-order valence-electron chi connectivity index (χ2n) is 5.51. The van der Waals surface area contributed by atoms with Crippen LogP contribution in [0.15, 0.2) is 83.0 Å². The van der Waals surface area contributed by atoms with Crippen molar-refractivity contribution in [2.45, 2.75) is 0 Å². The van der Waals surface area contributed by atoms with Crippen LogP contribution in [0.25, 0.3) is 21.5 Å². The van der Waals surface area contributed by atoms with E-state index in [-0.39, 0.29) is 11.5 Å². The number of fused-ring (bicyclic) bond motifs is 2. The first-order chi connectivity index (χ1) is 11.7. The lowest BCUT2D eigenvalue weighted by atomic mass is 10.1. The summed E-state index contributed by atoms with van der Waals surface area (Å²) < 4.78 is 0. The molecule has 0 atom stereocenters. The van der Waals surface area contributed by atoms with E-state index in [1.54, 1.807) is 12.1 Å². The normalized spacial score (nSPS) is 11.5. The van der Waals surface area contributed by atoms with Crippen LogP contribution in [-0.2, 0) is 0 Å². The first-order valence-electron chi connectivity index (χ1n) is 7.57. The molecule has 0 spiro atoms. The molecule has 0 heterocycles. The third kappa shape index (κ3) is 2.34. The molecule has 0 amide bonds. The summed E-state index contributed by atoms with van der Waals surface area (Å²) in [6.07, 6.45) is 0. The molecule has 2 N–H and O–H groups in total. The lowest BCUT2D eigenvalue weighted by Gasteiger charge is -2.05. The summed E-state index contributed by atoms with van der Waals surface area (Å²) >= 11 is 0. The summed E-state index contributed by atoms with van der Waals surface area (Å²) in [4.78, 5) is 0. The standard InChI is InChI=1S/C20H14N2O2/c23-17-11-9-13-5-1-3-7-15(13)19(17)21-22-20-16-8-4-2-6-14(16)10-12-18(20)24/h1-12,23-24H. The van der Waals surface area contributed by atoms with Crippen LogP contribution in [0.1, 0.15) is 0 Å². The molecule has 4 nitrogen and oxygen atoms in total. The molecule has 0 fully saturated rings. The summed E-state index contributed by atoms with van der Waals surface area (Å²) in [5.74, 6) is 0.106. The van der Waals surface area contributed by atoms with Crippen LogP contribution < -0.4 is 0 Å². The van der Waals surface area contributed by atoms with Crippen LogP contribution in [0.4, 0.5) is 11.4 Å². The number of azo groups is 1. The fourth-order valence-electron chi connectivity index (χ4n) is 2.80. The van der Waals surface area contributed by atoms with Crippen LogP contribution in [0.2, 0.25) is 0 Å². The molecule has 0 unspecified atom stereocenters. The topological polar surface area (TPSA) is 65.2 Å². The highest BCUT2D eigenvalue weighted by molar-refractivity contribution is 5.96. The predicted molar refractivity (Wildman–Crippen MR) is 95.4 cm³/mol. The molecule has 0 saturated heterocycles. The smallest absolute Gasteiger partial charge is 0.143 e. The Morgan fingerprint density at radius 2 is 0.917 bits per heavy atom. The van der Waals surface area contributed by atoms with Gasteiger partial charge in [-0.15, -0.1) is 10.2 Å². The zero-order chi connectivity index (χ0) is 16.5. The number of hydrogen-bond acceptors (Lipinski definition) is 4. The van der Waals surface area contributed by atoms with E-state index in [0.717, 1.165) is 21.5 Å². The van der Waals surface area contributed by atoms with Crippen molar-refractivity contribution in [3.05, 3.63) is 72.8 Å². The third-order valence-electron chi connectivity index (χ3n) is 4.01. The van der Waals surface area contributed by atoms with Gasteiger partial charge in [0.1, 0.15) is 22.9 Å². The van der Waals surface area contributed by atoms with E-state index in [1.165, 1.54) is 0 Å². The van der Waals surface area contributed by atoms with E-state index in [2.05, 4.69) is 10.2 Å². The van der Waals surface area contributed by atoms with Gasteiger partial charge < -0.3 is 10.2 Å². The molecule has 116 valence electrons. The highest BCUT2D eigenvalue weighted by Gasteiger charge is 2.09.